The highest BCUT2D eigenvalue weighted by Gasteiger charge is 2.34. The van der Waals surface area contributed by atoms with Crippen LogP contribution in [0.15, 0.2) is 18.2 Å². The number of nitrogens with two attached hydrogens (primary N) is 1. The molecule has 1 aromatic carbocycles. The summed E-state index contributed by atoms with van der Waals surface area (Å²) in [6, 6.07) is 6.36. The standard InChI is InChI=1S/C31H43ClN8O5/c1-3-21-5-6-22(25(17-21)45-20-26(43)34-9-15-41)18-38-11-7-24(8-12-38)40-14-13-39(19-23(40)4-2)30-28(32)36-27(29(33)37-30)31(44)35-10-16-42/h1,5-6,17,23-24,41-42H,4,7-16,18-20H2,2H3,(H2,33,37)(H,34,43)(H,35,44)/t23-/m0/s1. The Kier molecular flexibility index (Phi) is 12.6. The number of aromatic nitrogens is 2. The van der Waals surface area contributed by atoms with Gasteiger partial charge in [-0.3, -0.25) is 19.4 Å². The number of terminal acetylenes is 1. The lowest BCUT2D eigenvalue weighted by Gasteiger charge is -2.47. The molecule has 2 saturated heterocycles. The van der Waals surface area contributed by atoms with Crippen LogP contribution in [-0.2, 0) is 11.3 Å². The van der Waals surface area contributed by atoms with Crippen LogP contribution in [0.5, 0.6) is 5.75 Å². The molecule has 1 aromatic heterocycles. The Morgan fingerprint density at radius 2 is 1.87 bits per heavy atom. The summed E-state index contributed by atoms with van der Waals surface area (Å²) in [5.41, 5.74) is 7.68. The minimum absolute atomic E-state index is 0.000130. The van der Waals surface area contributed by atoms with Gasteiger partial charge >= 0.3 is 0 Å². The third kappa shape index (κ3) is 8.96. The number of ether oxygens (including phenoxy) is 1. The molecule has 2 amide bonds. The molecule has 3 heterocycles. The van der Waals surface area contributed by atoms with Gasteiger partial charge in [-0.1, -0.05) is 30.5 Å². The molecular formula is C31H43ClN8O5. The SMILES string of the molecule is C#Cc1ccc(CN2CCC(N3CCN(c4nc(N)c(C(=O)NCCO)nc4Cl)C[C@@H]3CC)CC2)c(OCC(=O)NCCO)c1. The van der Waals surface area contributed by atoms with Gasteiger partial charge in [-0.15, -0.1) is 6.42 Å². The summed E-state index contributed by atoms with van der Waals surface area (Å²) in [5.74, 6) is 2.86. The van der Waals surface area contributed by atoms with E-state index in [1.165, 1.54) is 0 Å². The van der Waals surface area contributed by atoms with Crippen molar-refractivity contribution in [3.63, 3.8) is 0 Å². The molecule has 6 N–H and O–H groups in total. The van der Waals surface area contributed by atoms with Gasteiger partial charge in [0.2, 0.25) is 0 Å². The molecule has 2 aliphatic rings. The van der Waals surface area contributed by atoms with Gasteiger partial charge < -0.3 is 36.2 Å². The van der Waals surface area contributed by atoms with E-state index in [9.17, 15) is 9.59 Å². The van der Waals surface area contributed by atoms with Crippen molar-refractivity contribution >= 4 is 35.1 Å². The van der Waals surface area contributed by atoms with Crippen molar-refractivity contribution in [1.29, 1.82) is 0 Å². The number of aliphatic hydroxyl groups is 2. The molecule has 0 bridgehead atoms. The molecule has 2 aliphatic heterocycles. The van der Waals surface area contributed by atoms with Crippen molar-refractivity contribution < 1.29 is 24.5 Å². The zero-order valence-corrected chi connectivity index (χ0v) is 26.4. The first-order chi connectivity index (χ1) is 21.8. The lowest BCUT2D eigenvalue weighted by molar-refractivity contribution is -0.123. The number of piperidine rings is 1. The zero-order valence-electron chi connectivity index (χ0n) is 25.7. The number of hydrogen-bond acceptors (Lipinski definition) is 11. The number of likely N-dealkylation sites (tertiary alicyclic amines) is 1. The normalized spacial score (nSPS) is 17.9. The molecule has 4 rings (SSSR count). The van der Waals surface area contributed by atoms with Crippen LogP contribution in [0.2, 0.25) is 5.15 Å². The first-order valence-electron chi connectivity index (χ1n) is 15.3. The molecule has 2 fully saturated rings. The Labute approximate surface area is 269 Å². The molecule has 1 atom stereocenters. The third-order valence-corrected chi connectivity index (χ3v) is 8.48. The molecule has 244 valence electrons. The van der Waals surface area contributed by atoms with Crippen LogP contribution in [-0.4, -0.2) is 120 Å². The van der Waals surface area contributed by atoms with E-state index in [0.29, 0.717) is 42.8 Å². The van der Waals surface area contributed by atoms with Gasteiger partial charge in [-0.2, -0.15) is 0 Å². The van der Waals surface area contributed by atoms with E-state index in [1.54, 1.807) is 6.07 Å². The lowest BCUT2D eigenvalue weighted by atomic mass is 9.97. The summed E-state index contributed by atoms with van der Waals surface area (Å²) >= 11 is 6.49. The maximum Gasteiger partial charge on any atom is 0.273 e. The van der Waals surface area contributed by atoms with Crippen LogP contribution in [0, 0.1) is 12.3 Å². The molecule has 13 nitrogen and oxygen atoms in total. The van der Waals surface area contributed by atoms with E-state index in [4.69, 9.17) is 38.7 Å². The van der Waals surface area contributed by atoms with Crippen molar-refractivity contribution in [2.45, 2.75) is 44.8 Å². The Morgan fingerprint density at radius 1 is 1.13 bits per heavy atom. The predicted molar refractivity (Wildman–Crippen MR) is 172 cm³/mol. The summed E-state index contributed by atoms with van der Waals surface area (Å²) in [5, 5.41) is 23.1. The second-order valence-corrected chi connectivity index (χ2v) is 11.5. The van der Waals surface area contributed by atoms with Gasteiger partial charge in [0.25, 0.3) is 11.8 Å². The molecule has 45 heavy (non-hydrogen) atoms. The second-order valence-electron chi connectivity index (χ2n) is 11.1. The Hall–Kier alpha value is -3.67. The molecule has 0 radical (unpaired) electrons. The van der Waals surface area contributed by atoms with Crippen LogP contribution in [0.3, 0.4) is 0 Å². The van der Waals surface area contributed by atoms with Gasteiger partial charge in [0.15, 0.2) is 29.1 Å². The van der Waals surface area contributed by atoms with E-state index >= 15 is 0 Å². The Bertz CT molecular complexity index is 1360. The first kappa shape index (κ1) is 34.2. The summed E-state index contributed by atoms with van der Waals surface area (Å²) in [6.45, 7) is 6.74. The van der Waals surface area contributed by atoms with Crippen LogP contribution in [0.25, 0.3) is 0 Å². The van der Waals surface area contributed by atoms with Crippen molar-refractivity contribution in [3.05, 3.63) is 40.2 Å². The van der Waals surface area contributed by atoms with Gasteiger partial charge in [-0.05, 0) is 44.5 Å². The van der Waals surface area contributed by atoms with Crippen molar-refractivity contribution in [1.82, 2.24) is 30.4 Å². The molecular weight excluding hydrogens is 600 g/mol. The second kappa shape index (κ2) is 16.6. The monoisotopic (exact) mass is 642 g/mol. The quantitative estimate of drug-likeness (QED) is 0.193. The summed E-state index contributed by atoms with van der Waals surface area (Å²) in [7, 11) is 0. The largest absolute Gasteiger partial charge is 0.483 e. The van der Waals surface area contributed by atoms with E-state index in [1.807, 2.05) is 12.1 Å². The van der Waals surface area contributed by atoms with E-state index < -0.39 is 5.91 Å². The molecule has 0 spiro atoms. The zero-order chi connectivity index (χ0) is 32.3. The minimum atomic E-state index is -0.528. The van der Waals surface area contributed by atoms with Gasteiger partial charge in [0.1, 0.15) is 5.75 Å². The number of anilines is 2. The Morgan fingerprint density at radius 3 is 2.56 bits per heavy atom. The molecule has 0 aliphatic carbocycles. The fraction of sp³-hybridized carbons (Fsp3) is 0.548. The number of rotatable bonds is 13. The number of nitrogens with zero attached hydrogens (tertiary/aromatic N) is 5. The van der Waals surface area contributed by atoms with Crippen LogP contribution >= 0.6 is 11.6 Å². The van der Waals surface area contributed by atoms with Crippen LogP contribution in [0.4, 0.5) is 11.6 Å². The highest BCUT2D eigenvalue weighted by atomic mass is 35.5. The maximum atomic E-state index is 12.3. The van der Waals surface area contributed by atoms with E-state index in [0.717, 1.165) is 44.5 Å². The topological polar surface area (TPSA) is 169 Å². The number of carbonyl (C=O) groups is 2. The summed E-state index contributed by atoms with van der Waals surface area (Å²) in [4.78, 5) is 40.1. The van der Waals surface area contributed by atoms with Gasteiger partial charge in [-0.25, -0.2) is 9.97 Å². The van der Waals surface area contributed by atoms with Crippen molar-refractivity contribution in [2.75, 3.05) is 76.3 Å². The average molecular weight is 643 g/mol. The summed E-state index contributed by atoms with van der Waals surface area (Å²) < 4.78 is 5.84. The predicted octanol–water partition coefficient (Wildman–Crippen LogP) is 0.468. The van der Waals surface area contributed by atoms with Gasteiger partial charge in [0.05, 0.1) is 13.2 Å². The number of hydrogen-bond donors (Lipinski definition) is 5. The lowest BCUT2D eigenvalue weighted by Crippen LogP contribution is -2.58. The van der Waals surface area contributed by atoms with Crippen molar-refractivity contribution in [2.24, 2.45) is 0 Å². The number of halogens is 1. The first-order valence-corrected chi connectivity index (χ1v) is 15.7. The summed E-state index contributed by atoms with van der Waals surface area (Å²) in [6.07, 6.45) is 8.59. The highest BCUT2D eigenvalue weighted by molar-refractivity contribution is 6.32. The maximum absolute atomic E-state index is 12.3. The number of aliphatic hydroxyl groups excluding tert-OH is 2. The Balaban J connectivity index is 1.34. The van der Waals surface area contributed by atoms with Crippen LogP contribution in [0.1, 0.15) is 47.8 Å². The van der Waals surface area contributed by atoms with Crippen LogP contribution < -0.4 is 26.0 Å². The molecule has 2 aromatic rings. The number of piperazine rings is 1. The third-order valence-electron chi connectivity index (χ3n) is 8.22. The number of benzene rings is 1. The molecule has 14 heteroatoms. The fourth-order valence-electron chi connectivity index (χ4n) is 5.90. The number of carbonyl (C=O) groups excluding carboxylic acids is 2. The molecule has 0 unspecified atom stereocenters. The fourth-order valence-corrected chi connectivity index (χ4v) is 6.14. The number of nitrogen functional groups attached to an aromatic ring is 1. The number of nitrogens with one attached hydrogen (secondary N) is 2. The number of amides is 2. The van der Waals surface area contributed by atoms with E-state index in [2.05, 4.69) is 48.1 Å². The van der Waals surface area contributed by atoms with E-state index in [-0.39, 0.29) is 61.5 Å². The molecule has 0 saturated carbocycles. The minimum Gasteiger partial charge on any atom is -0.483 e. The average Bonchev–Trinajstić information content (AvgIpc) is 3.06. The van der Waals surface area contributed by atoms with Crippen molar-refractivity contribution in [3.8, 4) is 18.1 Å². The highest BCUT2D eigenvalue weighted by Crippen LogP contribution is 2.30. The smallest absolute Gasteiger partial charge is 0.273 e. The van der Waals surface area contributed by atoms with Gasteiger partial charge in [0, 0.05) is 62.5 Å².